The minimum atomic E-state index is 0.179. The van der Waals surface area contributed by atoms with Crippen molar-refractivity contribution < 1.29 is 9.53 Å². The summed E-state index contributed by atoms with van der Waals surface area (Å²) in [5.41, 5.74) is 0.423. The van der Waals surface area contributed by atoms with Crippen molar-refractivity contribution in [2.24, 2.45) is 11.3 Å². The fraction of sp³-hybridized carbons (Fsp3) is 0.909. The van der Waals surface area contributed by atoms with Gasteiger partial charge in [-0.1, -0.05) is 13.8 Å². The van der Waals surface area contributed by atoms with Crippen LogP contribution in [0.3, 0.4) is 0 Å². The Morgan fingerprint density at radius 1 is 1.50 bits per heavy atom. The molecule has 0 amide bonds. The Labute approximate surface area is 85.4 Å². The zero-order valence-corrected chi connectivity index (χ0v) is 9.08. The molecule has 0 aromatic rings. The first-order valence-corrected chi connectivity index (χ1v) is 5.40. The molecule has 0 radical (unpaired) electrons. The number of nitrogens with zero attached hydrogens (tertiary/aromatic N) is 1. The molecule has 2 aliphatic rings. The second-order valence-electron chi connectivity index (χ2n) is 5.34. The van der Waals surface area contributed by atoms with Gasteiger partial charge in [-0.2, -0.15) is 0 Å². The summed E-state index contributed by atoms with van der Waals surface area (Å²) in [6, 6.07) is 0. The molecule has 0 aromatic heterocycles. The second kappa shape index (κ2) is 3.63. The highest BCUT2D eigenvalue weighted by Crippen LogP contribution is 2.28. The number of carbonyl (C=O) groups is 1. The van der Waals surface area contributed by atoms with Gasteiger partial charge in [0.05, 0.1) is 13.2 Å². The number of carbonyl (C=O) groups excluding carboxylic acids is 1. The molecule has 0 N–H and O–H groups in total. The highest BCUT2D eigenvalue weighted by molar-refractivity contribution is 5.83. The zero-order valence-electron chi connectivity index (χ0n) is 9.08. The van der Waals surface area contributed by atoms with Gasteiger partial charge in [-0.15, -0.1) is 0 Å². The van der Waals surface area contributed by atoms with E-state index in [0.29, 0.717) is 24.3 Å². The summed E-state index contributed by atoms with van der Waals surface area (Å²) >= 11 is 0. The number of Topliss-reactive ketones (excluding diaryl/α,β-unsaturated/α-hetero) is 1. The van der Waals surface area contributed by atoms with Crippen molar-refractivity contribution in [1.82, 2.24) is 4.90 Å². The number of hydrogen-bond acceptors (Lipinski definition) is 3. The van der Waals surface area contributed by atoms with Gasteiger partial charge in [-0.05, 0) is 11.8 Å². The molecule has 0 aliphatic carbocycles. The minimum Gasteiger partial charge on any atom is -0.381 e. The van der Waals surface area contributed by atoms with Crippen LogP contribution in [0.2, 0.25) is 0 Å². The third-order valence-electron chi connectivity index (χ3n) is 3.07. The summed E-state index contributed by atoms with van der Waals surface area (Å²) in [6.45, 7) is 8.66. The number of rotatable bonds is 3. The summed E-state index contributed by atoms with van der Waals surface area (Å²) in [5.74, 6) is 0.553. The normalized spacial score (nSPS) is 31.4. The molecule has 1 atom stereocenters. The van der Waals surface area contributed by atoms with Crippen molar-refractivity contribution in [3.8, 4) is 0 Å². The Kier molecular flexibility index (Phi) is 2.62. The van der Waals surface area contributed by atoms with E-state index in [0.717, 1.165) is 26.1 Å². The van der Waals surface area contributed by atoms with E-state index < -0.39 is 0 Å². The van der Waals surface area contributed by atoms with Gasteiger partial charge in [0.15, 0.2) is 5.78 Å². The standard InChI is InChI=1S/C11H19NO2/c1-11(2)7-12(8-11)5-10(13)9-3-4-14-6-9/h9H,3-8H2,1-2H3. The van der Waals surface area contributed by atoms with Gasteiger partial charge < -0.3 is 4.74 Å². The molecular formula is C11H19NO2. The topological polar surface area (TPSA) is 29.5 Å². The number of hydrogen-bond donors (Lipinski definition) is 0. The van der Waals surface area contributed by atoms with Crippen molar-refractivity contribution in [2.75, 3.05) is 32.8 Å². The molecule has 2 rings (SSSR count). The molecule has 3 heteroatoms. The SMILES string of the molecule is CC1(C)CN(CC(=O)C2CCOC2)C1. The molecule has 2 saturated heterocycles. The maximum Gasteiger partial charge on any atom is 0.152 e. The molecule has 3 nitrogen and oxygen atoms in total. The molecule has 0 spiro atoms. The lowest BCUT2D eigenvalue weighted by Gasteiger charge is -2.45. The Balaban J connectivity index is 1.73. The highest BCUT2D eigenvalue weighted by Gasteiger charge is 2.36. The van der Waals surface area contributed by atoms with E-state index in [1.54, 1.807) is 0 Å². The molecule has 14 heavy (non-hydrogen) atoms. The van der Waals surface area contributed by atoms with Crippen LogP contribution in [0.15, 0.2) is 0 Å². The van der Waals surface area contributed by atoms with Gasteiger partial charge in [-0.25, -0.2) is 0 Å². The van der Waals surface area contributed by atoms with E-state index in [1.165, 1.54) is 0 Å². The van der Waals surface area contributed by atoms with Gasteiger partial charge >= 0.3 is 0 Å². The number of likely N-dealkylation sites (tertiary alicyclic amines) is 1. The van der Waals surface area contributed by atoms with Crippen molar-refractivity contribution in [2.45, 2.75) is 20.3 Å². The van der Waals surface area contributed by atoms with Gasteiger partial charge in [0.25, 0.3) is 0 Å². The maximum absolute atomic E-state index is 11.7. The van der Waals surface area contributed by atoms with Crippen LogP contribution in [0.1, 0.15) is 20.3 Å². The Bertz CT molecular complexity index is 223. The van der Waals surface area contributed by atoms with Gasteiger partial charge in [0.2, 0.25) is 0 Å². The van der Waals surface area contributed by atoms with E-state index in [9.17, 15) is 4.79 Å². The van der Waals surface area contributed by atoms with Gasteiger partial charge in [-0.3, -0.25) is 9.69 Å². The summed E-state index contributed by atoms with van der Waals surface area (Å²) < 4.78 is 5.21. The van der Waals surface area contributed by atoms with Crippen LogP contribution in [0.5, 0.6) is 0 Å². The summed E-state index contributed by atoms with van der Waals surface area (Å²) in [5, 5.41) is 0. The van der Waals surface area contributed by atoms with Crippen LogP contribution < -0.4 is 0 Å². The van der Waals surface area contributed by atoms with E-state index in [-0.39, 0.29) is 5.92 Å². The third-order valence-corrected chi connectivity index (χ3v) is 3.07. The van der Waals surface area contributed by atoms with Crippen LogP contribution in [0.4, 0.5) is 0 Å². The van der Waals surface area contributed by atoms with Crippen molar-refractivity contribution in [3.05, 3.63) is 0 Å². The first-order chi connectivity index (χ1) is 6.57. The fourth-order valence-corrected chi connectivity index (χ4v) is 2.41. The monoisotopic (exact) mass is 197 g/mol. The third kappa shape index (κ3) is 2.15. The molecule has 0 saturated carbocycles. The molecule has 2 heterocycles. The van der Waals surface area contributed by atoms with Crippen molar-refractivity contribution in [3.63, 3.8) is 0 Å². The second-order valence-corrected chi connectivity index (χ2v) is 5.34. The average Bonchev–Trinajstić information content (AvgIpc) is 2.51. The molecular weight excluding hydrogens is 178 g/mol. The molecule has 2 aliphatic heterocycles. The summed E-state index contributed by atoms with van der Waals surface area (Å²) in [4.78, 5) is 14.0. The molecule has 0 bridgehead atoms. The number of ether oxygens (including phenoxy) is 1. The fourth-order valence-electron chi connectivity index (χ4n) is 2.41. The molecule has 0 aromatic carbocycles. The van der Waals surface area contributed by atoms with Crippen LogP contribution in [0.25, 0.3) is 0 Å². The van der Waals surface area contributed by atoms with E-state index in [1.807, 2.05) is 0 Å². The lowest BCUT2D eigenvalue weighted by Crippen LogP contribution is -2.54. The van der Waals surface area contributed by atoms with Crippen LogP contribution >= 0.6 is 0 Å². The first kappa shape index (κ1) is 10.1. The predicted octanol–water partition coefficient (Wildman–Crippen LogP) is 0.934. The minimum absolute atomic E-state index is 0.179. The first-order valence-electron chi connectivity index (χ1n) is 5.40. The number of ketones is 1. The zero-order chi connectivity index (χ0) is 10.2. The average molecular weight is 197 g/mol. The summed E-state index contributed by atoms with van der Waals surface area (Å²) in [6.07, 6.45) is 0.927. The molecule has 80 valence electrons. The van der Waals surface area contributed by atoms with Crippen LogP contribution in [-0.2, 0) is 9.53 Å². The molecule has 1 unspecified atom stereocenters. The quantitative estimate of drug-likeness (QED) is 0.674. The van der Waals surface area contributed by atoms with Crippen molar-refractivity contribution >= 4 is 5.78 Å². The lowest BCUT2D eigenvalue weighted by atomic mass is 9.84. The lowest BCUT2D eigenvalue weighted by molar-refractivity contribution is -0.126. The summed E-state index contributed by atoms with van der Waals surface area (Å²) in [7, 11) is 0. The van der Waals surface area contributed by atoms with Gasteiger partial charge in [0.1, 0.15) is 0 Å². The van der Waals surface area contributed by atoms with E-state index >= 15 is 0 Å². The van der Waals surface area contributed by atoms with Crippen LogP contribution in [-0.4, -0.2) is 43.5 Å². The van der Waals surface area contributed by atoms with Crippen molar-refractivity contribution in [1.29, 1.82) is 0 Å². The largest absolute Gasteiger partial charge is 0.381 e. The Hall–Kier alpha value is -0.410. The van der Waals surface area contributed by atoms with Gasteiger partial charge in [0, 0.05) is 25.6 Å². The Morgan fingerprint density at radius 3 is 2.71 bits per heavy atom. The predicted molar refractivity (Wildman–Crippen MR) is 54.2 cm³/mol. The Morgan fingerprint density at radius 2 is 2.21 bits per heavy atom. The van der Waals surface area contributed by atoms with E-state index in [2.05, 4.69) is 18.7 Å². The van der Waals surface area contributed by atoms with Crippen LogP contribution in [0, 0.1) is 11.3 Å². The highest BCUT2D eigenvalue weighted by atomic mass is 16.5. The maximum atomic E-state index is 11.7. The molecule has 2 fully saturated rings. The smallest absolute Gasteiger partial charge is 0.152 e. The van der Waals surface area contributed by atoms with E-state index in [4.69, 9.17) is 4.74 Å².